The number of anilines is 2. The highest BCUT2D eigenvalue weighted by Gasteiger charge is 2.38. The highest BCUT2D eigenvalue weighted by atomic mass is 32.2. The van der Waals surface area contributed by atoms with Crippen molar-refractivity contribution in [1.29, 1.82) is 0 Å². The Hall–Kier alpha value is -2.44. The number of hydrogen-bond acceptors (Lipinski definition) is 7. The van der Waals surface area contributed by atoms with Crippen LogP contribution in [0.4, 0.5) is 24.8 Å². The van der Waals surface area contributed by atoms with E-state index in [0.29, 0.717) is 31.1 Å². The maximum atomic E-state index is 13.3. The molecule has 1 aromatic heterocycles. The van der Waals surface area contributed by atoms with E-state index in [-0.39, 0.29) is 16.9 Å². The molecule has 0 aliphatic heterocycles. The van der Waals surface area contributed by atoms with Crippen LogP contribution in [0.3, 0.4) is 0 Å². The van der Waals surface area contributed by atoms with E-state index in [1.165, 1.54) is 24.3 Å². The molecule has 12 heteroatoms. The molecule has 2 atom stereocenters. The predicted molar refractivity (Wildman–Crippen MR) is 104 cm³/mol. The summed E-state index contributed by atoms with van der Waals surface area (Å²) >= 11 is 0. The first-order valence-corrected chi connectivity index (χ1v) is 11.3. The molecule has 2 aliphatic rings. The average Bonchev–Trinajstić information content (AvgIpc) is 3.41. The average molecular weight is 458 g/mol. The van der Waals surface area contributed by atoms with Gasteiger partial charge < -0.3 is 15.2 Å². The molecule has 2 aliphatic carbocycles. The SMILES string of the molecule is O=S(=O)(NC1CC1)c1ccc(Nc2ncc(C(F)(F)F)c(O[C@@H]3CCC[C@@H]3O)n2)cc1. The van der Waals surface area contributed by atoms with E-state index in [1.54, 1.807) is 0 Å². The number of alkyl halides is 3. The molecule has 1 aromatic carbocycles. The first-order chi connectivity index (χ1) is 14.6. The van der Waals surface area contributed by atoms with E-state index in [0.717, 1.165) is 12.8 Å². The number of ether oxygens (including phenoxy) is 1. The second-order valence-corrected chi connectivity index (χ2v) is 9.32. The number of benzene rings is 1. The van der Waals surface area contributed by atoms with Crippen molar-refractivity contribution in [2.75, 3.05) is 5.32 Å². The van der Waals surface area contributed by atoms with Crippen molar-refractivity contribution < 1.29 is 31.4 Å². The summed E-state index contributed by atoms with van der Waals surface area (Å²) in [5, 5.41) is 12.6. The van der Waals surface area contributed by atoms with Gasteiger partial charge in [0.05, 0.1) is 11.0 Å². The fourth-order valence-corrected chi connectivity index (χ4v) is 4.54. The summed E-state index contributed by atoms with van der Waals surface area (Å²) in [4.78, 5) is 7.62. The normalized spacial score (nSPS) is 21.8. The third kappa shape index (κ3) is 5.25. The first-order valence-electron chi connectivity index (χ1n) is 9.80. The molecule has 0 bridgehead atoms. The lowest BCUT2D eigenvalue weighted by Crippen LogP contribution is -2.27. The number of aliphatic hydroxyl groups is 1. The van der Waals surface area contributed by atoms with Gasteiger partial charge in [0, 0.05) is 17.9 Å². The zero-order chi connectivity index (χ0) is 22.2. The van der Waals surface area contributed by atoms with Crippen LogP contribution in [0.25, 0.3) is 0 Å². The lowest BCUT2D eigenvalue weighted by Gasteiger charge is -2.20. The van der Waals surface area contributed by atoms with Crippen molar-refractivity contribution in [3.05, 3.63) is 36.0 Å². The van der Waals surface area contributed by atoms with Gasteiger partial charge in [-0.1, -0.05) is 0 Å². The number of aromatic nitrogens is 2. The Bertz CT molecular complexity index is 1040. The molecule has 168 valence electrons. The summed E-state index contributed by atoms with van der Waals surface area (Å²) < 4.78 is 72.4. The van der Waals surface area contributed by atoms with Crippen LogP contribution in [0.1, 0.15) is 37.7 Å². The van der Waals surface area contributed by atoms with Crippen molar-refractivity contribution >= 4 is 21.7 Å². The summed E-state index contributed by atoms with van der Waals surface area (Å²) in [6.07, 6.45) is -2.58. The molecule has 0 radical (unpaired) electrons. The molecule has 8 nitrogen and oxygen atoms in total. The van der Waals surface area contributed by atoms with Crippen molar-refractivity contribution in [3.8, 4) is 5.88 Å². The summed E-state index contributed by atoms with van der Waals surface area (Å²) in [7, 11) is -3.61. The zero-order valence-corrected chi connectivity index (χ0v) is 17.1. The Kier molecular flexibility index (Phi) is 5.79. The fraction of sp³-hybridized carbons (Fsp3) is 0.474. The molecule has 4 rings (SSSR count). The van der Waals surface area contributed by atoms with Gasteiger partial charge in [0.15, 0.2) is 0 Å². The van der Waals surface area contributed by atoms with Gasteiger partial charge in [-0.3, -0.25) is 0 Å². The molecule has 31 heavy (non-hydrogen) atoms. The van der Waals surface area contributed by atoms with Crippen molar-refractivity contribution in [2.45, 2.75) is 61.4 Å². The summed E-state index contributed by atoms with van der Waals surface area (Å²) in [6, 6.07) is 5.65. The van der Waals surface area contributed by atoms with Gasteiger partial charge in [0.1, 0.15) is 11.7 Å². The van der Waals surface area contributed by atoms with Gasteiger partial charge in [-0.15, -0.1) is 0 Å². The predicted octanol–water partition coefficient (Wildman–Crippen LogP) is 2.97. The zero-order valence-electron chi connectivity index (χ0n) is 16.3. The van der Waals surface area contributed by atoms with Gasteiger partial charge in [-0.25, -0.2) is 18.1 Å². The molecular weight excluding hydrogens is 437 g/mol. The van der Waals surface area contributed by atoms with E-state index >= 15 is 0 Å². The number of rotatable bonds is 7. The van der Waals surface area contributed by atoms with E-state index in [1.807, 2.05) is 0 Å². The second-order valence-electron chi connectivity index (χ2n) is 7.61. The Balaban J connectivity index is 1.53. The van der Waals surface area contributed by atoms with Crippen molar-refractivity contribution in [3.63, 3.8) is 0 Å². The highest BCUT2D eigenvalue weighted by molar-refractivity contribution is 7.89. The maximum Gasteiger partial charge on any atom is 0.423 e. The summed E-state index contributed by atoms with van der Waals surface area (Å²) in [6.45, 7) is 0. The molecule has 2 fully saturated rings. The summed E-state index contributed by atoms with van der Waals surface area (Å²) in [5.41, 5.74) is -0.748. The molecule has 2 aromatic rings. The molecule has 3 N–H and O–H groups in total. The van der Waals surface area contributed by atoms with Crippen molar-refractivity contribution in [2.24, 2.45) is 0 Å². The van der Waals surface area contributed by atoms with E-state index in [4.69, 9.17) is 4.74 Å². The van der Waals surface area contributed by atoms with Crippen LogP contribution in [0.5, 0.6) is 5.88 Å². The Labute approximate surface area is 176 Å². The van der Waals surface area contributed by atoms with Gasteiger partial charge in [0.2, 0.25) is 21.9 Å². The Morgan fingerprint density at radius 2 is 1.81 bits per heavy atom. The number of sulfonamides is 1. The van der Waals surface area contributed by atoms with Gasteiger partial charge in [-0.2, -0.15) is 18.2 Å². The van der Waals surface area contributed by atoms with Crippen LogP contribution in [0.15, 0.2) is 35.4 Å². The second kappa shape index (κ2) is 8.24. The largest absolute Gasteiger partial charge is 0.471 e. The third-order valence-electron chi connectivity index (χ3n) is 5.06. The number of halogens is 3. The molecule has 1 heterocycles. The van der Waals surface area contributed by atoms with Crippen LogP contribution < -0.4 is 14.8 Å². The monoisotopic (exact) mass is 458 g/mol. The lowest BCUT2D eigenvalue weighted by atomic mass is 10.2. The molecule has 2 saturated carbocycles. The van der Waals surface area contributed by atoms with Gasteiger partial charge in [-0.05, 0) is 56.4 Å². The smallest absolute Gasteiger partial charge is 0.423 e. The minimum Gasteiger partial charge on any atom is -0.471 e. The standard InChI is InChI=1S/C19H21F3N4O4S/c20-19(21,22)14-10-23-18(25-17(14)30-16-3-1-2-15(16)27)24-11-6-8-13(9-7-11)31(28,29)26-12-4-5-12/h6-10,12,15-16,26-27H,1-5H2,(H,23,24,25)/t15-,16+/m0/s1. The van der Waals surface area contributed by atoms with Crippen LogP contribution >= 0.6 is 0 Å². The topological polar surface area (TPSA) is 113 Å². The lowest BCUT2D eigenvalue weighted by molar-refractivity contribution is -0.140. The quantitative estimate of drug-likeness (QED) is 0.585. The molecular formula is C19H21F3N4O4S. The van der Waals surface area contributed by atoms with Crippen LogP contribution in [0.2, 0.25) is 0 Å². The van der Waals surface area contributed by atoms with Crippen LogP contribution in [0, 0.1) is 0 Å². The maximum absolute atomic E-state index is 13.3. The van der Waals surface area contributed by atoms with E-state index in [2.05, 4.69) is 20.0 Å². The van der Waals surface area contributed by atoms with Crippen molar-refractivity contribution in [1.82, 2.24) is 14.7 Å². The third-order valence-corrected chi connectivity index (χ3v) is 6.60. The minimum atomic E-state index is -4.72. The molecule has 0 amide bonds. The highest BCUT2D eigenvalue weighted by Crippen LogP contribution is 2.37. The molecule has 0 spiro atoms. The van der Waals surface area contributed by atoms with E-state index < -0.39 is 39.9 Å². The van der Waals surface area contributed by atoms with Crippen LogP contribution in [-0.4, -0.2) is 41.7 Å². The van der Waals surface area contributed by atoms with Gasteiger partial charge in [0.25, 0.3) is 0 Å². The number of hydrogen-bond donors (Lipinski definition) is 3. The summed E-state index contributed by atoms with van der Waals surface area (Å²) in [5.74, 6) is -0.814. The van der Waals surface area contributed by atoms with Gasteiger partial charge >= 0.3 is 6.18 Å². The Morgan fingerprint density at radius 3 is 2.39 bits per heavy atom. The van der Waals surface area contributed by atoms with Crippen LogP contribution in [-0.2, 0) is 16.2 Å². The molecule has 0 unspecified atom stereocenters. The number of nitrogens with one attached hydrogen (secondary N) is 2. The Morgan fingerprint density at radius 1 is 1.10 bits per heavy atom. The first kappa shape index (κ1) is 21.8. The molecule has 0 saturated heterocycles. The van der Waals surface area contributed by atoms with E-state index in [9.17, 15) is 26.7 Å². The minimum absolute atomic E-state index is 0.0276. The number of nitrogens with zero attached hydrogens (tertiary/aromatic N) is 2. The number of aliphatic hydroxyl groups excluding tert-OH is 1. The fourth-order valence-electron chi connectivity index (χ4n) is 3.23.